The summed E-state index contributed by atoms with van der Waals surface area (Å²) in [4.78, 5) is 46.3. The quantitative estimate of drug-likeness (QED) is 0.361. The van der Waals surface area contributed by atoms with Crippen molar-refractivity contribution in [1.29, 1.82) is 0 Å². The van der Waals surface area contributed by atoms with E-state index in [1.807, 2.05) is 25.1 Å². The van der Waals surface area contributed by atoms with E-state index in [0.717, 1.165) is 11.8 Å². The fourth-order valence-corrected chi connectivity index (χ4v) is 3.27. The molecule has 1 aromatic heterocycles. The van der Waals surface area contributed by atoms with Crippen LogP contribution in [0.3, 0.4) is 0 Å². The van der Waals surface area contributed by atoms with Crippen molar-refractivity contribution in [2.75, 3.05) is 45.7 Å². The lowest BCUT2D eigenvalue weighted by atomic mass is 10.2. The van der Waals surface area contributed by atoms with E-state index in [9.17, 15) is 14.4 Å². The second-order valence-corrected chi connectivity index (χ2v) is 8.02. The number of likely N-dealkylation sites (N-methyl/N-ethyl adjacent to an activating group) is 1. The topological polar surface area (TPSA) is 126 Å². The molecule has 10 nitrogen and oxygen atoms in total. The van der Waals surface area contributed by atoms with Gasteiger partial charge in [0, 0.05) is 31.3 Å². The molecule has 1 aromatic carbocycles. The van der Waals surface area contributed by atoms with E-state index in [1.165, 1.54) is 6.08 Å². The Morgan fingerprint density at radius 2 is 1.97 bits per heavy atom. The van der Waals surface area contributed by atoms with Crippen molar-refractivity contribution >= 4 is 40.8 Å². The van der Waals surface area contributed by atoms with Gasteiger partial charge < -0.3 is 20.3 Å². The summed E-state index contributed by atoms with van der Waals surface area (Å²) in [5, 5.41) is 7.64. The zero-order valence-electron chi connectivity index (χ0n) is 17.8. The van der Waals surface area contributed by atoms with E-state index in [1.54, 1.807) is 30.3 Å². The fraction of sp³-hybridized carbons (Fsp3) is 0.286. The van der Waals surface area contributed by atoms with E-state index in [0.29, 0.717) is 43.4 Å². The van der Waals surface area contributed by atoms with E-state index in [2.05, 4.69) is 25.9 Å². The Morgan fingerprint density at radius 3 is 2.66 bits per heavy atom. The van der Waals surface area contributed by atoms with Gasteiger partial charge in [0.2, 0.25) is 11.8 Å². The second kappa shape index (κ2) is 11.3. The minimum Gasteiger partial charge on any atom is -0.476 e. The highest BCUT2D eigenvalue weighted by Crippen LogP contribution is 2.26. The number of thioether (sulfide) groups is 1. The zero-order valence-corrected chi connectivity index (χ0v) is 18.6. The fourth-order valence-electron chi connectivity index (χ4n) is 2.60. The van der Waals surface area contributed by atoms with Crippen LogP contribution < -0.4 is 20.7 Å². The summed E-state index contributed by atoms with van der Waals surface area (Å²) in [5.41, 5.74) is 0.999. The van der Waals surface area contributed by atoms with Crippen LogP contribution in [-0.4, -0.2) is 72.3 Å². The van der Waals surface area contributed by atoms with E-state index in [-0.39, 0.29) is 16.8 Å². The maximum Gasteiger partial charge on any atom is 0.290 e. The van der Waals surface area contributed by atoms with Crippen LogP contribution in [0.15, 0.2) is 41.3 Å². The van der Waals surface area contributed by atoms with Gasteiger partial charge in [0.1, 0.15) is 6.61 Å². The molecule has 168 valence electrons. The number of carbonyl (C=O) groups excluding carboxylic acids is 3. The lowest BCUT2D eigenvalue weighted by Crippen LogP contribution is -2.29. The predicted molar refractivity (Wildman–Crippen MR) is 122 cm³/mol. The molecule has 2 heterocycles. The molecule has 0 saturated carbocycles. The molecule has 0 atom stereocenters. The van der Waals surface area contributed by atoms with Crippen LogP contribution in [0.25, 0.3) is 6.08 Å². The van der Waals surface area contributed by atoms with E-state index in [4.69, 9.17) is 4.74 Å². The summed E-state index contributed by atoms with van der Waals surface area (Å²) in [6, 6.07) is 10.5. The van der Waals surface area contributed by atoms with Crippen molar-refractivity contribution < 1.29 is 19.1 Å². The molecule has 32 heavy (non-hydrogen) atoms. The first-order valence-corrected chi connectivity index (χ1v) is 10.7. The number of nitrogens with zero attached hydrogens (tertiary/aromatic N) is 3. The van der Waals surface area contributed by atoms with Crippen LogP contribution in [0.1, 0.15) is 16.1 Å². The van der Waals surface area contributed by atoms with Gasteiger partial charge in [0.25, 0.3) is 17.1 Å². The normalized spacial score (nSPS) is 14.5. The van der Waals surface area contributed by atoms with Crippen LogP contribution in [0.4, 0.5) is 10.7 Å². The summed E-state index contributed by atoms with van der Waals surface area (Å²) in [5.74, 6) is -0.0255. The first kappa shape index (κ1) is 23.2. The minimum absolute atomic E-state index is 0.173. The predicted octanol–water partition coefficient (Wildman–Crippen LogP) is 1.58. The number of amides is 3. The molecule has 0 bridgehead atoms. The van der Waals surface area contributed by atoms with Gasteiger partial charge in [-0.05, 0) is 44.1 Å². The zero-order chi connectivity index (χ0) is 22.9. The Morgan fingerprint density at radius 1 is 1.19 bits per heavy atom. The van der Waals surface area contributed by atoms with Crippen molar-refractivity contribution in [1.82, 2.24) is 25.5 Å². The first-order valence-electron chi connectivity index (χ1n) is 9.89. The number of hydrogen-bond acceptors (Lipinski definition) is 9. The van der Waals surface area contributed by atoms with Gasteiger partial charge >= 0.3 is 0 Å². The second-order valence-electron chi connectivity index (χ2n) is 7.01. The van der Waals surface area contributed by atoms with Crippen LogP contribution in [-0.2, 0) is 4.79 Å². The SMILES string of the molecule is CN(C)CCOc1cc(C=C2SC(=O)NC2=O)nc(NCCNC(=O)c2ccccc2)n1. The molecule has 1 aliphatic rings. The molecule has 1 saturated heterocycles. The van der Waals surface area contributed by atoms with Crippen molar-refractivity contribution in [3.05, 3.63) is 52.6 Å². The van der Waals surface area contributed by atoms with Gasteiger partial charge in [-0.15, -0.1) is 0 Å². The lowest BCUT2D eigenvalue weighted by Gasteiger charge is -2.12. The standard InChI is InChI=1S/C21H24N6O4S/c1-27(2)10-11-31-17-13-15(12-16-19(29)26-21(30)32-16)24-20(25-17)23-9-8-22-18(28)14-6-4-3-5-7-14/h3-7,12-13H,8-11H2,1-2H3,(H,22,28)(H,23,24,25)(H,26,29,30). The number of rotatable bonds is 10. The van der Waals surface area contributed by atoms with Gasteiger partial charge in [-0.3, -0.25) is 19.7 Å². The van der Waals surface area contributed by atoms with Crippen molar-refractivity contribution in [3.63, 3.8) is 0 Å². The Hall–Kier alpha value is -3.44. The number of aromatic nitrogens is 2. The first-order chi connectivity index (χ1) is 15.4. The molecule has 3 N–H and O–H groups in total. The highest BCUT2D eigenvalue weighted by molar-refractivity contribution is 8.18. The number of hydrogen-bond donors (Lipinski definition) is 3. The Bertz CT molecular complexity index is 1010. The average Bonchev–Trinajstić information content (AvgIpc) is 3.08. The molecule has 0 spiro atoms. The highest BCUT2D eigenvalue weighted by atomic mass is 32.2. The number of anilines is 1. The third-order valence-electron chi connectivity index (χ3n) is 4.16. The third kappa shape index (κ3) is 7.06. The molecule has 0 radical (unpaired) electrons. The summed E-state index contributed by atoms with van der Waals surface area (Å²) >= 11 is 0.810. The van der Waals surface area contributed by atoms with Gasteiger partial charge in [-0.2, -0.15) is 4.98 Å². The summed E-state index contributed by atoms with van der Waals surface area (Å²) in [7, 11) is 3.87. The van der Waals surface area contributed by atoms with Crippen LogP contribution in [0.5, 0.6) is 5.88 Å². The number of imide groups is 1. The molecular formula is C21H24N6O4S. The van der Waals surface area contributed by atoms with E-state index < -0.39 is 11.1 Å². The van der Waals surface area contributed by atoms with Gasteiger partial charge in [-0.25, -0.2) is 4.98 Å². The number of benzene rings is 1. The molecule has 0 aliphatic carbocycles. The number of ether oxygens (including phenoxy) is 1. The molecule has 1 aliphatic heterocycles. The Kier molecular flexibility index (Phi) is 8.17. The summed E-state index contributed by atoms with van der Waals surface area (Å²) in [6.45, 7) is 1.84. The van der Waals surface area contributed by atoms with Crippen LogP contribution >= 0.6 is 11.8 Å². The van der Waals surface area contributed by atoms with Gasteiger partial charge in [-0.1, -0.05) is 18.2 Å². The molecule has 0 unspecified atom stereocenters. The maximum absolute atomic E-state index is 12.1. The van der Waals surface area contributed by atoms with E-state index >= 15 is 0 Å². The highest BCUT2D eigenvalue weighted by Gasteiger charge is 2.25. The van der Waals surface area contributed by atoms with Crippen molar-refractivity contribution in [2.24, 2.45) is 0 Å². The minimum atomic E-state index is -0.466. The smallest absolute Gasteiger partial charge is 0.290 e. The van der Waals surface area contributed by atoms with Crippen LogP contribution in [0.2, 0.25) is 0 Å². The molecule has 11 heteroatoms. The number of nitrogens with one attached hydrogen (secondary N) is 3. The maximum atomic E-state index is 12.1. The lowest BCUT2D eigenvalue weighted by molar-refractivity contribution is -0.115. The molecule has 3 rings (SSSR count). The monoisotopic (exact) mass is 456 g/mol. The summed E-state index contributed by atoms with van der Waals surface area (Å²) in [6.07, 6.45) is 1.51. The van der Waals surface area contributed by atoms with Crippen molar-refractivity contribution in [2.45, 2.75) is 0 Å². The molecule has 3 amide bonds. The largest absolute Gasteiger partial charge is 0.476 e. The Labute approximate surface area is 189 Å². The molecular weight excluding hydrogens is 432 g/mol. The molecule has 1 fully saturated rings. The van der Waals surface area contributed by atoms with Gasteiger partial charge in [0.05, 0.1) is 10.6 Å². The number of carbonyl (C=O) groups is 3. The summed E-state index contributed by atoms with van der Waals surface area (Å²) < 4.78 is 5.71. The Balaban J connectivity index is 1.65. The third-order valence-corrected chi connectivity index (χ3v) is 4.97. The van der Waals surface area contributed by atoms with Crippen molar-refractivity contribution in [3.8, 4) is 5.88 Å². The average molecular weight is 457 g/mol. The van der Waals surface area contributed by atoms with Gasteiger partial charge in [0.15, 0.2) is 0 Å². The van der Waals surface area contributed by atoms with Crippen LogP contribution in [0, 0.1) is 0 Å². The molecule has 2 aromatic rings.